The molecule has 0 saturated heterocycles. The first-order valence-corrected chi connectivity index (χ1v) is 7.02. The van der Waals surface area contributed by atoms with Crippen molar-refractivity contribution < 1.29 is 4.92 Å². The van der Waals surface area contributed by atoms with Gasteiger partial charge in [0, 0.05) is 18.2 Å². The molecule has 0 radical (unpaired) electrons. The van der Waals surface area contributed by atoms with Crippen LogP contribution in [-0.2, 0) is 0 Å². The van der Waals surface area contributed by atoms with Crippen molar-refractivity contribution in [2.75, 3.05) is 31.4 Å². The van der Waals surface area contributed by atoms with Crippen LogP contribution in [0.15, 0.2) is 12.1 Å². The van der Waals surface area contributed by atoms with Crippen LogP contribution in [0.25, 0.3) is 0 Å². The molecule has 4 N–H and O–H groups in total. The fraction of sp³-hybridized carbons (Fsp3) is 0.615. The van der Waals surface area contributed by atoms with Gasteiger partial charge in [-0.2, -0.15) is 0 Å². The Kier molecular flexibility index (Phi) is 4.59. The number of pyridine rings is 1. The van der Waals surface area contributed by atoms with Crippen molar-refractivity contribution >= 4 is 17.3 Å². The van der Waals surface area contributed by atoms with E-state index in [-0.39, 0.29) is 17.0 Å². The SMILES string of the molecule is CN(C)C1(CNc2nc(NN)ccc2[N+](=O)[O-])CCCC1. The Labute approximate surface area is 123 Å². The fourth-order valence-electron chi connectivity index (χ4n) is 2.87. The lowest BCUT2D eigenvalue weighted by Crippen LogP contribution is -2.47. The second-order valence-electron chi connectivity index (χ2n) is 5.65. The average Bonchev–Trinajstić information content (AvgIpc) is 2.94. The molecular weight excluding hydrogens is 272 g/mol. The third kappa shape index (κ3) is 3.22. The van der Waals surface area contributed by atoms with Crippen LogP contribution in [-0.4, -0.2) is 41.0 Å². The maximum atomic E-state index is 11.1. The van der Waals surface area contributed by atoms with Crippen LogP contribution >= 0.6 is 0 Å². The number of anilines is 2. The Morgan fingerprint density at radius 2 is 2.10 bits per heavy atom. The molecule has 21 heavy (non-hydrogen) atoms. The van der Waals surface area contributed by atoms with Gasteiger partial charge in [0.15, 0.2) is 0 Å². The number of nitrogens with zero attached hydrogens (tertiary/aromatic N) is 3. The summed E-state index contributed by atoms with van der Waals surface area (Å²) in [5.74, 6) is 5.97. The van der Waals surface area contributed by atoms with E-state index >= 15 is 0 Å². The molecule has 0 unspecified atom stereocenters. The van der Waals surface area contributed by atoms with E-state index in [0.29, 0.717) is 12.4 Å². The minimum absolute atomic E-state index is 0.0295. The minimum atomic E-state index is -0.438. The first-order valence-electron chi connectivity index (χ1n) is 7.02. The number of nitro groups is 1. The molecule has 1 aliphatic carbocycles. The predicted molar refractivity (Wildman–Crippen MR) is 82.1 cm³/mol. The fourth-order valence-corrected chi connectivity index (χ4v) is 2.87. The van der Waals surface area contributed by atoms with Crippen molar-refractivity contribution in [3.8, 4) is 0 Å². The Morgan fingerprint density at radius 3 is 2.62 bits per heavy atom. The Bertz CT molecular complexity index is 513. The number of hydrogen-bond donors (Lipinski definition) is 3. The third-order valence-corrected chi connectivity index (χ3v) is 4.29. The molecule has 1 aliphatic rings. The highest BCUT2D eigenvalue weighted by molar-refractivity contribution is 5.60. The lowest BCUT2D eigenvalue weighted by atomic mass is 9.96. The summed E-state index contributed by atoms with van der Waals surface area (Å²) in [7, 11) is 4.10. The molecular formula is C13H22N6O2. The normalized spacial score (nSPS) is 17.0. The summed E-state index contributed by atoms with van der Waals surface area (Å²) in [5, 5.41) is 14.2. The van der Waals surface area contributed by atoms with Gasteiger partial charge in [-0.15, -0.1) is 0 Å². The van der Waals surface area contributed by atoms with Gasteiger partial charge in [0.1, 0.15) is 5.82 Å². The number of aromatic nitrogens is 1. The largest absolute Gasteiger partial charge is 0.362 e. The van der Waals surface area contributed by atoms with Crippen molar-refractivity contribution in [2.45, 2.75) is 31.2 Å². The molecule has 0 bridgehead atoms. The second-order valence-corrected chi connectivity index (χ2v) is 5.65. The van der Waals surface area contributed by atoms with Crippen LogP contribution in [0.2, 0.25) is 0 Å². The smallest absolute Gasteiger partial charge is 0.311 e. The van der Waals surface area contributed by atoms with Gasteiger partial charge in [-0.1, -0.05) is 12.8 Å². The zero-order valence-corrected chi connectivity index (χ0v) is 12.4. The van der Waals surface area contributed by atoms with Gasteiger partial charge in [-0.05, 0) is 33.0 Å². The summed E-state index contributed by atoms with van der Waals surface area (Å²) < 4.78 is 0. The predicted octanol–water partition coefficient (Wildman–Crippen LogP) is 1.56. The van der Waals surface area contributed by atoms with Crippen LogP contribution in [0.3, 0.4) is 0 Å². The summed E-state index contributed by atoms with van der Waals surface area (Å²) in [5.41, 5.74) is 2.40. The van der Waals surface area contributed by atoms with Crippen LogP contribution in [0.1, 0.15) is 25.7 Å². The number of nitrogens with two attached hydrogens (primary N) is 1. The lowest BCUT2D eigenvalue weighted by Gasteiger charge is -2.36. The number of hydrogen-bond acceptors (Lipinski definition) is 7. The number of nitrogen functional groups attached to an aromatic ring is 1. The van der Waals surface area contributed by atoms with Gasteiger partial charge in [0.25, 0.3) is 0 Å². The monoisotopic (exact) mass is 294 g/mol. The van der Waals surface area contributed by atoms with Crippen molar-refractivity contribution in [1.29, 1.82) is 0 Å². The second kappa shape index (κ2) is 6.23. The van der Waals surface area contributed by atoms with E-state index in [4.69, 9.17) is 5.84 Å². The summed E-state index contributed by atoms with van der Waals surface area (Å²) >= 11 is 0. The average molecular weight is 294 g/mol. The summed E-state index contributed by atoms with van der Waals surface area (Å²) in [6.45, 7) is 0.627. The zero-order chi connectivity index (χ0) is 15.5. The van der Waals surface area contributed by atoms with E-state index < -0.39 is 4.92 Å². The molecule has 0 aliphatic heterocycles. The van der Waals surface area contributed by atoms with Gasteiger partial charge in [0.05, 0.1) is 4.92 Å². The molecule has 0 amide bonds. The van der Waals surface area contributed by atoms with Crippen molar-refractivity contribution in [3.05, 3.63) is 22.2 Å². The summed E-state index contributed by atoms with van der Waals surface area (Å²) in [4.78, 5) is 17.0. The van der Waals surface area contributed by atoms with Crippen molar-refractivity contribution in [2.24, 2.45) is 5.84 Å². The van der Waals surface area contributed by atoms with Gasteiger partial charge in [-0.25, -0.2) is 10.8 Å². The molecule has 1 fully saturated rings. The van der Waals surface area contributed by atoms with Gasteiger partial charge in [0.2, 0.25) is 5.82 Å². The Morgan fingerprint density at radius 1 is 1.43 bits per heavy atom. The van der Waals surface area contributed by atoms with Gasteiger partial charge in [-0.3, -0.25) is 10.1 Å². The molecule has 8 nitrogen and oxygen atoms in total. The first kappa shape index (κ1) is 15.5. The maximum Gasteiger partial charge on any atom is 0.311 e. The van der Waals surface area contributed by atoms with E-state index in [1.54, 1.807) is 0 Å². The highest BCUT2D eigenvalue weighted by atomic mass is 16.6. The summed E-state index contributed by atoms with van der Waals surface area (Å²) in [6, 6.07) is 2.89. The third-order valence-electron chi connectivity index (χ3n) is 4.29. The highest BCUT2D eigenvalue weighted by Crippen LogP contribution is 2.34. The number of rotatable bonds is 6. The Balaban J connectivity index is 2.20. The van der Waals surface area contributed by atoms with Crippen LogP contribution in [0.4, 0.5) is 17.3 Å². The minimum Gasteiger partial charge on any atom is -0.362 e. The van der Waals surface area contributed by atoms with Crippen LogP contribution in [0, 0.1) is 10.1 Å². The molecule has 1 heterocycles. The standard InChI is InChI=1S/C13H22N6O2/c1-18(2)13(7-3-4-8-13)9-15-12-10(19(20)21)5-6-11(16-12)17-14/h5-6H,3-4,7-9,14H2,1-2H3,(H2,15,16,17). The topological polar surface area (TPSA) is 109 Å². The van der Waals surface area contributed by atoms with E-state index in [1.165, 1.54) is 25.0 Å². The molecule has 1 saturated carbocycles. The molecule has 8 heteroatoms. The molecule has 2 rings (SSSR count). The molecule has 0 aromatic carbocycles. The van der Waals surface area contributed by atoms with E-state index in [2.05, 4.69) is 20.6 Å². The first-order chi connectivity index (χ1) is 9.98. The van der Waals surface area contributed by atoms with Crippen molar-refractivity contribution in [1.82, 2.24) is 9.88 Å². The molecule has 1 aromatic heterocycles. The Hall–Kier alpha value is -1.93. The zero-order valence-electron chi connectivity index (χ0n) is 12.4. The molecule has 0 atom stereocenters. The van der Waals surface area contributed by atoms with Crippen LogP contribution < -0.4 is 16.6 Å². The van der Waals surface area contributed by atoms with Gasteiger partial charge >= 0.3 is 5.69 Å². The number of likely N-dealkylation sites (N-methyl/N-ethyl adjacent to an activating group) is 1. The maximum absolute atomic E-state index is 11.1. The van der Waals surface area contributed by atoms with E-state index in [1.807, 2.05) is 14.1 Å². The van der Waals surface area contributed by atoms with Crippen LogP contribution in [0.5, 0.6) is 0 Å². The van der Waals surface area contributed by atoms with Crippen molar-refractivity contribution in [3.63, 3.8) is 0 Å². The molecule has 1 aromatic rings. The highest BCUT2D eigenvalue weighted by Gasteiger charge is 2.36. The number of nitrogens with one attached hydrogen (secondary N) is 2. The molecule has 0 spiro atoms. The van der Waals surface area contributed by atoms with Gasteiger partial charge < -0.3 is 15.6 Å². The van der Waals surface area contributed by atoms with E-state index in [9.17, 15) is 10.1 Å². The quantitative estimate of drug-likeness (QED) is 0.415. The number of hydrazine groups is 1. The van der Waals surface area contributed by atoms with E-state index in [0.717, 1.165) is 12.8 Å². The molecule has 116 valence electrons. The lowest BCUT2D eigenvalue weighted by molar-refractivity contribution is -0.384. The summed E-state index contributed by atoms with van der Waals surface area (Å²) in [6.07, 6.45) is 4.52.